The van der Waals surface area contributed by atoms with Crippen molar-refractivity contribution in [2.24, 2.45) is 11.5 Å². The quantitative estimate of drug-likeness (QED) is 0.484. The molecular weight excluding hydrogens is 165 g/mol. The van der Waals surface area contributed by atoms with Gasteiger partial charge in [0.25, 0.3) is 11.5 Å². The van der Waals surface area contributed by atoms with Crippen molar-refractivity contribution in [1.82, 2.24) is 0 Å². The minimum Gasteiger partial charge on any atom is -0.372 e. The number of hydrogen-bond donors (Lipinski definition) is 3. The highest BCUT2D eigenvalue weighted by atomic mass is 19.4. The van der Waals surface area contributed by atoms with Gasteiger partial charge in [0.15, 0.2) is 0 Å². The summed E-state index contributed by atoms with van der Waals surface area (Å²) in [6, 6.07) is 0. The Hall–Kier alpha value is -0.820. The lowest BCUT2D eigenvalue weighted by Gasteiger charge is -2.24. The molecule has 1 atom stereocenters. The maximum Gasteiger partial charge on any atom is 0.427 e. The van der Waals surface area contributed by atoms with E-state index in [2.05, 4.69) is 11.5 Å². The summed E-state index contributed by atoms with van der Waals surface area (Å²) in [5, 5.41) is 8.51. The molecule has 11 heavy (non-hydrogen) atoms. The first-order chi connectivity index (χ1) is 4.75. The second kappa shape index (κ2) is 2.67. The molecule has 0 aliphatic heterocycles. The summed E-state index contributed by atoms with van der Waals surface area (Å²) < 4.78 is 35.2. The number of alkyl halides is 3. The fourth-order valence-electron chi connectivity index (χ4n) is 0.356. The first-order valence-electron chi connectivity index (χ1n) is 2.55. The lowest BCUT2D eigenvalue weighted by atomic mass is 10.0. The van der Waals surface area contributed by atoms with E-state index in [0.29, 0.717) is 0 Å². The fraction of sp³-hybridized carbons (Fsp3) is 0.750. The Balaban J connectivity index is 4.75. The molecule has 0 bridgehead atoms. The van der Waals surface area contributed by atoms with Gasteiger partial charge < -0.3 is 16.6 Å². The highest BCUT2D eigenvalue weighted by Gasteiger charge is 2.57. The molecule has 0 fully saturated rings. The largest absolute Gasteiger partial charge is 0.427 e. The highest BCUT2D eigenvalue weighted by Crippen LogP contribution is 2.28. The van der Waals surface area contributed by atoms with Gasteiger partial charge >= 0.3 is 6.18 Å². The van der Waals surface area contributed by atoms with Crippen molar-refractivity contribution < 1.29 is 23.1 Å². The number of carbonyl (C=O) groups is 1. The predicted octanol–water partition coefficient (Wildman–Crippen LogP) is -1.28. The number of rotatable bonds is 2. The van der Waals surface area contributed by atoms with Crippen LogP contribution in [0.15, 0.2) is 0 Å². The first kappa shape index (κ1) is 10.2. The van der Waals surface area contributed by atoms with Gasteiger partial charge in [-0.3, -0.25) is 4.79 Å². The number of nitrogens with two attached hydrogens (primary N) is 2. The van der Waals surface area contributed by atoms with Crippen LogP contribution >= 0.6 is 0 Å². The number of amides is 1. The zero-order chi connectivity index (χ0) is 9.28. The van der Waals surface area contributed by atoms with Gasteiger partial charge in [0.2, 0.25) is 0 Å². The van der Waals surface area contributed by atoms with E-state index in [9.17, 15) is 18.0 Å². The molecule has 1 amide bonds. The Morgan fingerprint density at radius 1 is 1.45 bits per heavy atom. The molecule has 0 spiro atoms. The average molecular weight is 172 g/mol. The van der Waals surface area contributed by atoms with Gasteiger partial charge in [-0.25, -0.2) is 0 Å². The smallest absolute Gasteiger partial charge is 0.372 e. The van der Waals surface area contributed by atoms with E-state index in [-0.39, 0.29) is 0 Å². The standard InChI is InChI=1S/C4H7F3N2O2/c5-4(6,7)3(11,1-8)2(9)10/h11H,1,8H2,(H2,9,10)/t3-/m0/s1. The van der Waals surface area contributed by atoms with Crippen LogP contribution in [-0.4, -0.2) is 29.3 Å². The van der Waals surface area contributed by atoms with E-state index in [1.807, 2.05) is 0 Å². The number of carbonyl (C=O) groups excluding carboxylic acids is 1. The molecule has 0 saturated heterocycles. The summed E-state index contributed by atoms with van der Waals surface area (Å²) in [6.07, 6.45) is -5.12. The van der Waals surface area contributed by atoms with Crippen molar-refractivity contribution >= 4 is 5.91 Å². The monoisotopic (exact) mass is 172 g/mol. The number of hydrogen-bond acceptors (Lipinski definition) is 3. The minimum atomic E-state index is -5.12. The molecule has 4 nitrogen and oxygen atoms in total. The third-order valence-electron chi connectivity index (χ3n) is 1.17. The minimum absolute atomic E-state index is 1.27. The molecule has 0 aromatic rings. The van der Waals surface area contributed by atoms with Gasteiger partial charge in [0.1, 0.15) is 0 Å². The van der Waals surface area contributed by atoms with E-state index >= 15 is 0 Å². The molecule has 66 valence electrons. The molecule has 0 aliphatic carbocycles. The van der Waals surface area contributed by atoms with E-state index in [0.717, 1.165) is 0 Å². The lowest BCUT2D eigenvalue weighted by molar-refractivity contribution is -0.246. The second-order valence-corrected chi connectivity index (χ2v) is 1.93. The molecule has 0 unspecified atom stereocenters. The Kier molecular flexibility index (Phi) is 2.47. The maximum absolute atomic E-state index is 11.7. The van der Waals surface area contributed by atoms with Crippen molar-refractivity contribution in [1.29, 1.82) is 0 Å². The molecule has 0 rings (SSSR count). The van der Waals surface area contributed by atoms with E-state index in [4.69, 9.17) is 5.11 Å². The summed E-state index contributed by atoms with van der Waals surface area (Å²) in [4.78, 5) is 10.1. The van der Waals surface area contributed by atoms with Gasteiger partial charge in [-0.1, -0.05) is 0 Å². The Labute approximate surface area is 60.0 Å². The number of aliphatic hydroxyl groups is 1. The summed E-state index contributed by atoms with van der Waals surface area (Å²) in [5.74, 6) is -1.90. The summed E-state index contributed by atoms with van der Waals surface area (Å²) in [7, 11) is 0. The Morgan fingerprint density at radius 2 is 1.82 bits per heavy atom. The van der Waals surface area contributed by atoms with Crippen LogP contribution in [0.3, 0.4) is 0 Å². The molecule has 5 N–H and O–H groups in total. The second-order valence-electron chi connectivity index (χ2n) is 1.93. The molecule has 0 heterocycles. The predicted molar refractivity (Wildman–Crippen MR) is 29.3 cm³/mol. The van der Waals surface area contributed by atoms with Crippen LogP contribution < -0.4 is 11.5 Å². The van der Waals surface area contributed by atoms with Crippen molar-refractivity contribution in [3.8, 4) is 0 Å². The molecule has 0 aromatic heterocycles. The molecular formula is C4H7F3N2O2. The van der Waals surface area contributed by atoms with Crippen LogP contribution in [0.5, 0.6) is 0 Å². The molecule has 0 radical (unpaired) electrons. The normalized spacial score (nSPS) is 17.5. The average Bonchev–Trinajstić information content (AvgIpc) is 1.83. The lowest BCUT2D eigenvalue weighted by Crippen LogP contribution is -2.60. The van der Waals surface area contributed by atoms with Gasteiger partial charge in [-0.05, 0) is 0 Å². The van der Waals surface area contributed by atoms with Crippen LogP contribution in [0.1, 0.15) is 0 Å². The SMILES string of the molecule is NC[C@](O)(C(N)=O)C(F)(F)F. The van der Waals surface area contributed by atoms with Crippen LogP contribution in [-0.2, 0) is 4.79 Å². The van der Waals surface area contributed by atoms with Gasteiger partial charge in [0.05, 0.1) is 0 Å². The molecule has 0 aromatic carbocycles. The van der Waals surface area contributed by atoms with Crippen molar-refractivity contribution in [2.75, 3.05) is 6.54 Å². The van der Waals surface area contributed by atoms with Crippen LogP contribution in [0.2, 0.25) is 0 Å². The topological polar surface area (TPSA) is 89.3 Å². The zero-order valence-electron chi connectivity index (χ0n) is 5.35. The number of halogens is 3. The van der Waals surface area contributed by atoms with E-state index < -0.39 is 24.2 Å². The van der Waals surface area contributed by atoms with Crippen molar-refractivity contribution in [3.63, 3.8) is 0 Å². The van der Waals surface area contributed by atoms with E-state index in [1.165, 1.54) is 0 Å². The van der Waals surface area contributed by atoms with Gasteiger partial charge in [-0.15, -0.1) is 0 Å². The number of primary amides is 1. The molecule has 0 aliphatic rings. The zero-order valence-corrected chi connectivity index (χ0v) is 5.35. The summed E-state index contributed by atoms with van der Waals surface area (Å²) in [5.41, 5.74) is 5.20. The maximum atomic E-state index is 11.7. The highest BCUT2D eigenvalue weighted by molar-refractivity contribution is 5.84. The summed E-state index contributed by atoms with van der Waals surface area (Å²) in [6.45, 7) is -1.27. The van der Waals surface area contributed by atoms with Crippen LogP contribution in [0.4, 0.5) is 13.2 Å². The van der Waals surface area contributed by atoms with Crippen molar-refractivity contribution in [2.45, 2.75) is 11.8 Å². The van der Waals surface area contributed by atoms with Crippen molar-refractivity contribution in [3.05, 3.63) is 0 Å². The Morgan fingerprint density at radius 3 is 1.82 bits per heavy atom. The van der Waals surface area contributed by atoms with E-state index in [1.54, 1.807) is 0 Å². The first-order valence-corrected chi connectivity index (χ1v) is 2.55. The third-order valence-corrected chi connectivity index (χ3v) is 1.17. The fourth-order valence-corrected chi connectivity index (χ4v) is 0.356. The van der Waals surface area contributed by atoms with Crippen LogP contribution in [0, 0.1) is 0 Å². The molecule has 7 heteroatoms. The molecule has 0 saturated carbocycles. The Bertz CT molecular complexity index is 169. The van der Waals surface area contributed by atoms with Crippen LogP contribution in [0.25, 0.3) is 0 Å². The van der Waals surface area contributed by atoms with Gasteiger partial charge in [-0.2, -0.15) is 13.2 Å². The third kappa shape index (κ3) is 1.60. The van der Waals surface area contributed by atoms with Gasteiger partial charge in [0, 0.05) is 6.54 Å². The summed E-state index contributed by atoms with van der Waals surface area (Å²) >= 11 is 0.